The lowest BCUT2D eigenvalue weighted by molar-refractivity contribution is -0.121. The Hall–Kier alpha value is -1.79. The monoisotopic (exact) mass is 268 g/mol. The highest BCUT2D eigenvalue weighted by molar-refractivity contribution is 5.76. The van der Waals surface area contributed by atoms with Crippen LogP contribution in [-0.2, 0) is 4.79 Å². The minimum Gasteiger partial charge on any atom is -0.493 e. The highest BCUT2D eigenvalue weighted by atomic mass is 16.5. The Bertz CT molecular complexity index is 423. The van der Waals surface area contributed by atoms with Crippen LogP contribution in [0.25, 0.3) is 0 Å². The van der Waals surface area contributed by atoms with Crippen LogP contribution in [0.4, 0.5) is 0 Å². The second-order valence-electron chi connectivity index (χ2n) is 4.00. The molecule has 106 valence electrons. The molecule has 0 heterocycles. The van der Waals surface area contributed by atoms with E-state index in [-0.39, 0.29) is 25.5 Å². The predicted molar refractivity (Wildman–Crippen MR) is 71.2 cm³/mol. The maximum absolute atomic E-state index is 11.5. The number of hydrogen-bond donors (Lipinski definition) is 3. The molecule has 0 saturated heterocycles. The highest BCUT2D eigenvalue weighted by Crippen LogP contribution is 2.30. The molecular weight excluding hydrogens is 248 g/mol. The van der Waals surface area contributed by atoms with E-state index < -0.39 is 6.04 Å². The molecule has 1 amide bonds. The lowest BCUT2D eigenvalue weighted by atomic mass is 10.0. The van der Waals surface area contributed by atoms with Crippen LogP contribution in [0.1, 0.15) is 18.0 Å². The van der Waals surface area contributed by atoms with Crippen molar-refractivity contribution in [3.05, 3.63) is 23.8 Å². The van der Waals surface area contributed by atoms with Gasteiger partial charge in [-0.25, -0.2) is 0 Å². The summed E-state index contributed by atoms with van der Waals surface area (Å²) < 4.78 is 10.3. The number of amides is 1. The molecule has 19 heavy (non-hydrogen) atoms. The van der Waals surface area contributed by atoms with Crippen molar-refractivity contribution >= 4 is 5.91 Å². The number of ether oxygens (including phenoxy) is 2. The fraction of sp³-hybridized carbons (Fsp3) is 0.462. The van der Waals surface area contributed by atoms with Crippen LogP contribution >= 0.6 is 0 Å². The Balaban J connectivity index is 2.71. The Labute approximate surface area is 112 Å². The van der Waals surface area contributed by atoms with Crippen molar-refractivity contribution < 1.29 is 19.4 Å². The zero-order valence-electron chi connectivity index (χ0n) is 11.2. The van der Waals surface area contributed by atoms with Crippen molar-refractivity contribution in [1.29, 1.82) is 0 Å². The highest BCUT2D eigenvalue weighted by Gasteiger charge is 2.14. The first-order valence-corrected chi connectivity index (χ1v) is 5.97. The first-order chi connectivity index (χ1) is 9.12. The molecule has 0 bridgehead atoms. The summed E-state index contributed by atoms with van der Waals surface area (Å²) in [7, 11) is 3.10. The second kappa shape index (κ2) is 7.60. The summed E-state index contributed by atoms with van der Waals surface area (Å²) in [5.74, 6) is 0.991. The summed E-state index contributed by atoms with van der Waals surface area (Å²) in [5.41, 5.74) is 6.75. The van der Waals surface area contributed by atoms with E-state index in [1.165, 1.54) is 0 Å². The maximum Gasteiger partial charge on any atom is 0.221 e. The van der Waals surface area contributed by atoms with Crippen molar-refractivity contribution in [3.8, 4) is 11.5 Å². The van der Waals surface area contributed by atoms with E-state index in [1.54, 1.807) is 32.4 Å². The molecule has 0 saturated carbocycles. The number of benzene rings is 1. The second-order valence-corrected chi connectivity index (χ2v) is 4.00. The van der Waals surface area contributed by atoms with E-state index in [1.807, 2.05) is 0 Å². The Morgan fingerprint density at radius 3 is 2.63 bits per heavy atom. The minimum atomic E-state index is -0.432. The van der Waals surface area contributed by atoms with Gasteiger partial charge in [-0.2, -0.15) is 0 Å². The van der Waals surface area contributed by atoms with Gasteiger partial charge in [-0.15, -0.1) is 0 Å². The van der Waals surface area contributed by atoms with Crippen molar-refractivity contribution in [1.82, 2.24) is 5.32 Å². The van der Waals surface area contributed by atoms with Crippen LogP contribution in [-0.4, -0.2) is 38.4 Å². The van der Waals surface area contributed by atoms with E-state index in [0.717, 1.165) is 5.56 Å². The van der Waals surface area contributed by atoms with Crippen molar-refractivity contribution in [2.75, 3.05) is 27.4 Å². The number of rotatable bonds is 7. The molecule has 0 aliphatic heterocycles. The minimum absolute atomic E-state index is 0.0860. The summed E-state index contributed by atoms with van der Waals surface area (Å²) >= 11 is 0. The molecule has 1 aromatic carbocycles. The van der Waals surface area contributed by atoms with Crippen molar-refractivity contribution in [2.45, 2.75) is 12.5 Å². The topological polar surface area (TPSA) is 93.8 Å². The zero-order chi connectivity index (χ0) is 14.3. The third kappa shape index (κ3) is 4.42. The number of aliphatic hydroxyl groups is 1. The van der Waals surface area contributed by atoms with Gasteiger partial charge in [0.05, 0.1) is 20.8 Å². The first-order valence-electron chi connectivity index (χ1n) is 5.97. The summed E-state index contributed by atoms with van der Waals surface area (Å²) in [5, 5.41) is 11.2. The van der Waals surface area contributed by atoms with E-state index in [0.29, 0.717) is 11.5 Å². The van der Waals surface area contributed by atoms with E-state index >= 15 is 0 Å². The van der Waals surface area contributed by atoms with Gasteiger partial charge in [0.1, 0.15) is 0 Å². The zero-order valence-corrected chi connectivity index (χ0v) is 11.2. The van der Waals surface area contributed by atoms with E-state index in [4.69, 9.17) is 20.3 Å². The Morgan fingerprint density at radius 2 is 2.05 bits per heavy atom. The molecule has 0 aliphatic rings. The molecule has 1 aromatic rings. The lowest BCUT2D eigenvalue weighted by Gasteiger charge is -2.14. The largest absolute Gasteiger partial charge is 0.493 e. The Morgan fingerprint density at radius 1 is 1.37 bits per heavy atom. The number of carbonyl (C=O) groups excluding carboxylic acids is 1. The third-order valence-electron chi connectivity index (χ3n) is 2.68. The SMILES string of the molecule is COc1ccc([C@H](N)CC(=O)NCCO)cc1OC. The molecule has 0 aromatic heterocycles. The van der Waals surface area contributed by atoms with Crippen molar-refractivity contribution in [3.63, 3.8) is 0 Å². The molecular formula is C13H20N2O4. The normalized spacial score (nSPS) is 11.8. The van der Waals surface area contributed by atoms with E-state index in [2.05, 4.69) is 5.32 Å². The number of nitrogens with one attached hydrogen (secondary N) is 1. The van der Waals surface area contributed by atoms with Crippen LogP contribution in [0.3, 0.4) is 0 Å². The van der Waals surface area contributed by atoms with Crippen LogP contribution in [0, 0.1) is 0 Å². The number of aliphatic hydroxyl groups excluding tert-OH is 1. The molecule has 6 heteroatoms. The van der Waals surface area contributed by atoms with Gasteiger partial charge in [-0.05, 0) is 17.7 Å². The van der Waals surface area contributed by atoms with Gasteiger partial charge in [-0.1, -0.05) is 6.07 Å². The third-order valence-corrected chi connectivity index (χ3v) is 2.68. The van der Waals surface area contributed by atoms with Gasteiger partial charge < -0.3 is 25.6 Å². The average molecular weight is 268 g/mol. The van der Waals surface area contributed by atoms with Crippen LogP contribution in [0.2, 0.25) is 0 Å². The fourth-order valence-electron chi connectivity index (χ4n) is 1.67. The van der Waals surface area contributed by atoms with Gasteiger partial charge in [0.2, 0.25) is 5.91 Å². The van der Waals surface area contributed by atoms with Gasteiger partial charge in [-0.3, -0.25) is 4.79 Å². The van der Waals surface area contributed by atoms with Crippen LogP contribution < -0.4 is 20.5 Å². The molecule has 4 N–H and O–H groups in total. The van der Waals surface area contributed by atoms with Crippen LogP contribution in [0.5, 0.6) is 11.5 Å². The first kappa shape index (κ1) is 15.3. The van der Waals surface area contributed by atoms with E-state index in [9.17, 15) is 4.79 Å². The predicted octanol–water partition coefficient (Wildman–Crippen LogP) is 0.202. The number of methoxy groups -OCH3 is 2. The Kier molecular flexibility index (Phi) is 6.11. The molecule has 1 rings (SSSR count). The summed E-state index contributed by atoms with van der Waals surface area (Å²) in [6.07, 6.45) is 0.148. The average Bonchev–Trinajstić information content (AvgIpc) is 2.44. The molecule has 0 aliphatic carbocycles. The van der Waals surface area contributed by atoms with Gasteiger partial charge in [0.15, 0.2) is 11.5 Å². The number of nitrogens with two attached hydrogens (primary N) is 1. The van der Waals surface area contributed by atoms with Gasteiger partial charge in [0, 0.05) is 19.0 Å². The van der Waals surface area contributed by atoms with Gasteiger partial charge in [0.25, 0.3) is 0 Å². The molecule has 0 radical (unpaired) electrons. The van der Waals surface area contributed by atoms with Gasteiger partial charge >= 0.3 is 0 Å². The summed E-state index contributed by atoms with van der Waals surface area (Å²) in [4.78, 5) is 11.5. The van der Waals surface area contributed by atoms with Crippen LogP contribution in [0.15, 0.2) is 18.2 Å². The summed E-state index contributed by atoms with van der Waals surface area (Å²) in [6, 6.07) is 4.87. The molecule has 0 unspecified atom stereocenters. The van der Waals surface area contributed by atoms with Crippen molar-refractivity contribution in [2.24, 2.45) is 5.73 Å². The number of hydrogen-bond acceptors (Lipinski definition) is 5. The quantitative estimate of drug-likeness (QED) is 0.657. The standard InChI is InChI=1S/C13H20N2O4/c1-18-11-4-3-9(7-12(11)19-2)10(14)8-13(17)15-5-6-16/h3-4,7,10,16H,5-6,8,14H2,1-2H3,(H,15,17)/t10-/m1/s1. The molecule has 1 atom stereocenters. The number of carbonyl (C=O) groups is 1. The smallest absolute Gasteiger partial charge is 0.221 e. The molecule has 0 fully saturated rings. The molecule has 6 nitrogen and oxygen atoms in total. The maximum atomic E-state index is 11.5. The lowest BCUT2D eigenvalue weighted by Crippen LogP contribution is -2.29. The fourth-order valence-corrected chi connectivity index (χ4v) is 1.67. The molecule has 0 spiro atoms. The summed E-state index contributed by atoms with van der Waals surface area (Å²) in [6.45, 7) is 0.148.